The summed E-state index contributed by atoms with van der Waals surface area (Å²) in [5, 5.41) is 16.1. The summed E-state index contributed by atoms with van der Waals surface area (Å²) in [5.74, 6) is 2.02. The van der Waals surface area contributed by atoms with Crippen LogP contribution in [0.4, 0.5) is 0 Å². The molecule has 7 heteroatoms. The molecule has 5 nitrogen and oxygen atoms in total. The number of nitrogens with one attached hydrogen (secondary N) is 2. The van der Waals surface area contributed by atoms with E-state index in [2.05, 4.69) is 33.7 Å². The number of piperidine rings is 1. The van der Waals surface area contributed by atoms with E-state index in [4.69, 9.17) is 0 Å². The van der Waals surface area contributed by atoms with Crippen molar-refractivity contribution in [3.63, 3.8) is 0 Å². The molecular weight excluding hydrogens is 399 g/mol. The summed E-state index contributed by atoms with van der Waals surface area (Å²) in [7, 11) is 0. The number of hydrogen-bond donors (Lipinski definition) is 3. The molecule has 0 atom stereocenters. The molecule has 126 valence electrons. The van der Waals surface area contributed by atoms with Crippen LogP contribution in [0, 0.1) is 0 Å². The van der Waals surface area contributed by atoms with Crippen LogP contribution in [-0.4, -0.2) is 73.3 Å². The molecule has 0 saturated carbocycles. The zero-order valence-electron chi connectivity index (χ0n) is 13.3. The van der Waals surface area contributed by atoms with Gasteiger partial charge >= 0.3 is 0 Å². The average molecular weight is 430 g/mol. The Hall–Kier alpha value is 0.270. The van der Waals surface area contributed by atoms with Gasteiger partial charge in [0.15, 0.2) is 5.96 Å². The van der Waals surface area contributed by atoms with E-state index >= 15 is 0 Å². The Labute approximate surface area is 150 Å². The topological polar surface area (TPSA) is 59.9 Å². The van der Waals surface area contributed by atoms with Crippen molar-refractivity contribution >= 4 is 41.7 Å². The molecule has 0 radical (unpaired) electrons. The molecule has 1 rings (SSSR count). The van der Waals surface area contributed by atoms with Gasteiger partial charge in [0.1, 0.15) is 0 Å². The van der Waals surface area contributed by atoms with Gasteiger partial charge in [0.05, 0.1) is 6.10 Å². The predicted octanol–water partition coefficient (Wildman–Crippen LogP) is 1.37. The quantitative estimate of drug-likeness (QED) is 0.235. The summed E-state index contributed by atoms with van der Waals surface area (Å²) in [6.07, 6.45) is 4.95. The van der Waals surface area contributed by atoms with E-state index < -0.39 is 0 Å². The number of nitrogens with zero attached hydrogens (tertiary/aromatic N) is 2. The fraction of sp³-hybridized carbons (Fsp3) is 0.929. The molecule has 0 amide bonds. The molecule has 0 aromatic rings. The third-order valence-corrected chi connectivity index (χ3v) is 4.01. The van der Waals surface area contributed by atoms with Crippen LogP contribution >= 0.6 is 35.7 Å². The molecule has 0 aromatic heterocycles. The molecular formula is C14H31IN4OS. The Morgan fingerprint density at radius 3 is 2.67 bits per heavy atom. The zero-order chi connectivity index (χ0) is 14.6. The Kier molecular flexibility index (Phi) is 14.1. The van der Waals surface area contributed by atoms with E-state index in [1.807, 2.05) is 11.8 Å². The van der Waals surface area contributed by atoms with Crippen molar-refractivity contribution in [2.24, 2.45) is 4.99 Å². The molecule has 0 bridgehead atoms. The van der Waals surface area contributed by atoms with Gasteiger partial charge in [0.2, 0.25) is 0 Å². The lowest BCUT2D eigenvalue weighted by Crippen LogP contribution is -2.39. The van der Waals surface area contributed by atoms with Gasteiger partial charge in [-0.1, -0.05) is 0 Å². The lowest BCUT2D eigenvalue weighted by molar-refractivity contribution is 0.0824. The molecule has 0 spiro atoms. The minimum atomic E-state index is -0.0785. The van der Waals surface area contributed by atoms with Crippen molar-refractivity contribution in [1.82, 2.24) is 15.5 Å². The second-order valence-electron chi connectivity index (χ2n) is 5.11. The third-order valence-electron chi connectivity index (χ3n) is 3.40. The van der Waals surface area contributed by atoms with Crippen molar-refractivity contribution in [2.45, 2.75) is 32.3 Å². The van der Waals surface area contributed by atoms with Gasteiger partial charge < -0.3 is 20.6 Å². The number of hydrogen-bond acceptors (Lipinski definition) is 4. The molecule has 0 aliphatic carbocycles. The van der Waals surface area contributed by atoms with Crippen LogP contribution in [-0.2, 0) is 0 Å². The van der Waals surface area contributed by atoms with Crippen LogP contribution in [0.5, 0.6) is 0 Å². The third kappa shape index (κ3) is 10.6. The second kappa shape index (κ2) is 13.9. The van der Waals surface area contributed by atoms with Gasteiger partial charge in [-0.2, -0.15) is 11.8 Å². The Bertz CT molecular complexity index is 274. The van der Waals surface area contributed by atoms with Gasteiger partial charge in [-0.15, -0.1) is 24.0 Å². The van der Waals surface area contributed by atoms with Gasteiger partial charge in [-0.25, -0.2) is 0 Å². The van der Waals surface area contributed by atoms with E-state index in [1.165, 1.54) is 0 Å². The minimum absolute atomic E-state index is 0. The molecule has 1 aliphatic heterocycles. The highest BCUT2D eigenvalue weighted by molar-refractivity contribution is 14.0. The first kappa shape index (κ1) is 21.3. The van der Waals surface area contributed by atoms with Gasteiger partial charge in [-0.05, 0) is 39.0 Å². The molecule has 0 unspecified atom stereocenters. The summed E-state index contributed by atoms with van der Waals surface area (Å²) >= 11 is 1.84. The number of aliphatic imine (C=N–C) groups is 1. The lowest BCUT2D eigenvalue weighted by Gasteiger charge is -2.29. The average Bonchev–Trinajstić information content (AvgIpc) is 2.45. The molecule has 21 heavy (non-hydrogen) atoms. The number of rotatable bonds is 8. The Morgan fingerprint density at radius 2 is 2.05 bits per heavy atom. The van der Waals surface area contributed by atoms with Crippen LogP contribution < -0.4 is 10.6 Å². The maximum atomic E-state index is 9.47. The monoisotopic (exact) mass is 430 g/mol. The maximum absolute atomic E-state index is 9.47. The first-order valence-electron chi connectivity index (χ1n) is 7.67. The number of guanidine groups is 1. The highest BCUT2D eigenvalue weighted by Gasteiger charge is 2.15. The normalized spacial score (nSPS) is 17.4. The highest BCUT2D eigenvalue weighted by atomic mass is 127. The summed E-state index contributed by atoms with van der Waals surface area (Å²) in [6.45, 7) is 7.93. The molecule has 1 saturated heterocycles. The summed E-state index contributed by atoms with van der Waals surface area (Å²) in [4.78, 5) is 7.02. The van der Waals surface area contributed by atoms with Gasteiger partial charge in [0.25, 0.3) is 0 Å². The van der Waals surface area contributed by atoms with Crippen LogP contribution in [0.3, 0.4) is 0 Å². The van der Waals surface area contributed by atoms with Crippen molar-refractivity contribution in [1.29, 1.82) is 0 Å². The van der Waals surface area contributed by atoms with Crippen LogP contribution in [0.1, 0.15) is 26.2 Å². The number of thioether (sulfide) groups is 1. The largest absolute Gasteiger partial charge is 0.393 e. The Balaban J connectivity index is 0.00000400. The van der Waals surface area contributed by atoms with Crippen molar-refractivity contribution in [3.8, 4) is 0 Å². The number of halogens is 1. The molecule has 1 fully saturated rings. The number of aliphatic hydroxyl groups excluding tert-OH is 1. The van der Waals surface area contributed by atoms with E-state index in [0.29, 0.717) is 0 Å². The standard InChI is InChI=1S/C14H30N4OS.HI/c1-3-15-14(17-8-12-20-2)16-7-4-9-18-10-5-13(19)6-11-18;/h13,19H,3-12H2,1-2H3,(H2,15,16,17);1H. The molecule has 0 aromatic carbocycles. The molecule has 3 N–H and O–H groups in total. The van der Waals surface area contributed by atoms with Crippen molar-refractivity contribution < 1.29 is 5.11 Å². The zero-order valence-corrected chi connectivity index (χ0v) is 16.5. The smallest absolute Gasteiger partial charge is 0.191 e. The number of aliphatic hydroxyl groups is 1. The fourth-order valence-corrected chi connectivity index (χ4v) is 2.55. The minimum Gasteiger partial charge on any atom is -0.393 e. The van der Waals surface area contributed by atoms with Crippen molar-refractivity contribution in [2.75, 3.05) is 51.3 Å². The van der Waals surface area contributed by atoms with Crippen molar-refractivity contribution in [3.05, 3.63) is 0 Å². The highest BCUT2D eigenvalue weighted by Crippen LogP contribution is 2.09. The Morgan fingerprint density at radius 1 is 1.33 bits per heavy atom. The van der Waals surface area contributed by atoms with Crippen LogP contribution in [0.2, 0.25) is 0 Å². The molecule has 1 aliphatic rings. The summed E-state index contributed by atoms with van der Waals surface area (Å²) in [5.41, 5.74) is 0. The fourth-order valence-electron chi connectivity index (χ4n) is 2.24. The van der Waals surface area contributed by atoms with E-state index in [0.717, 1.165) is 70.2 Å². The maximum Gasteiger partial charge on any atom is 0.191 e. The van der Waals surface area contributed by atoms with Gasteiger partial charge in [0, 0.05) is 38.5 Å². The van der Waals surface area contributed by atoms with Crippen LogP contribution in [0.15, 0.2) is 4.99 Å². The van der Waals surface area contributed by atoms with E-state index in [1.54, 1.807) is 0 Å². The summed E-state index contributed by atoms with van der Waals surface area (Å²) < 4.78 is 0. The van der Waals surface area contributed by atoms with E-state index in [-0.39, 0.29) is 30.1 Å². The first-order chi connectivity index (χ1) is 9.76. The SMILES string of the molecule is CCNC(=NCCCN1CCC(O)CC1)NCCSC.I. The van der Waals surface area contributed by atoms with Gasteiger partial charge in [-0.3, -0.25) is 4.99 Å². The summed E-state index contributed by atoms with van der Waals surface area (Å²) in [6, 6.07) is 0. The second-order valence-corrected chi connectivity index (χ2v) is 6.09. The number of likely N-dealkylation sites (tertiary alicyclic amines) is 1. The van der Waals surface area contributed by atoms with Crippen LogP contribution in [0.25, 0.3) is 0 Å². The molecule has 1 heterocycles. The first-order valence-corrected chi connectivity index (χ1v) is 9.07. The predicted molar refractivity (Wildman–Crippen MR) is 104 cm³/mol. The van der Waals surface area contributed by atoms with E-state index in [9.17, 15) is 5.11 Å². The lowest BCUT2D eigenvalue weighted by atomic mass is 10.1.